The van der Waals surface area contributed by atoms with Gasteiger partial charge in [-0.2, -0.15) is 0 Å². The van der Waals surface area contributed by atoms with Gasteiger partial charge in [-0.1, -0.05) is 6.42 Å². The molecule has 0 bridgehead atoms. The van der Waals surface area contributed by atoms with E-state index >= 15 is 0 Å². The molecule has 1 aromatic carbocycles. The van der Waals surface area contributed by atoms with Gasteiger partial charge in [0, 0.05) is 18.2 Å². The third-order valence-corrected chi connectivity index (χ3v) is 4.75. The monoisotopic (exact) mass is 271 g/mol. The molecule has 5 nitrogen and oxygen atoms in total. The predicted molar refractivity (Wildman–Crippen MR) is 73.2 cm³/mol. The van der Waals surface area contributed by atoms with Crippen LogP contribution >= 0.6 is 0 Å². The fourth-order valence-corrected chi connectivity index (χ4v) is 3.79. The molecule has 1 aliphatic carbocycles. The topological polar surface area (TPSA) is 59.2 Å². The number of hydrogen-bond donors (Lipinski definition) is 0. The molecule has 1 aliphatic heterocycles. The zero-order valence-electron chi connectivity index (χ0n) is 11.3. The van der Waals surface area contributed by atoms with Gasteiger partial charge in [0.2, 0.25) is 0 Å². The van der Waals surface area contributed by atoms with E-state index in [0.29, 0.717) is 28.6 Å². The van der Waals surface area contributed by atoms with Crippen LogP contribution in [0.15, 0.2) is 22.8 Å². The van der Waals surface area contributed by atoms with Crippen LogP contribution in [0.2, 0.25) is 0 Å². The highest BCUT2D eigenvalue weighted by molar-refractivity contribution is 5.97. The lowest BCUT2D eigenvalue weighted by molar-refractivity contribution is 0.0548. The minimum atomic E-state index is 0.131. The van der Waals surface area contributed by atoms with Crippen molar-refractivity contribution in [1.29, 1.82) is 0 Å². The Hall–Kier alpha value is -1.91. The van der Waals surface area contributed by atoms with E-state index in [1.54, 1.807) is 12.1 Å². The first-order valence-electron chi connectivity index (χ1n) is 7.36. The van der Waals surface area contributed by atoms with Gasteiger partial charge < -0.3 is 4.90 Å². The Balaban J connectivity index is 1.65. The van der Waals surface area contributed by atoms with Crippen molar-refractivity contribution in [1.82, 2.24) is 15.2 Å². The number of amides is 1. The molecule has 0 spiro atoms. The van der Waals surface area contributed by atoms with E-state index in [-0.39, 0.29) is 5.91 Å². The molecule has 2 aromatic rings. The summed E-state index contributed by atoms with van der Waals surface area (Å²) in [6.45, 7) is 0.884. The van der Waals surface area contributed by atoms with Gasteiger partial charge in [-0.15, -0.1) is 0 Å². The van der Waals surface area contributed by atoms with Crippen molar-refractivity contribution in [2.45, 2.75) is 38.1 Å². The van der Waals surface area contributed by atoms with Crippen LogP contribution in [0.4, 0.5) is 0 Å². The molecular weight excluding hydrogens is 254 g/mol. The predicted octanol–water partition coefficient (Wildman–Crippen LogP) is 2.63. The molecule has 104 valence electrons. The molecule has 2 aliphatic rings. The SMILES string of the molecule is O=C(c1ccc2nonc2c1)N1CCCC2CCCC21. The van der Waals surface area contributed by atoms with Crippen molar-refractivity contribution < 1.29 is 9.42 Å². The van der Waals surface area contributed by atoms with Crippen LogP contribution in [0, 0.1) is 5.92 Å². The lowest BCUT2D eigenvalue weighted by Crippen LogP contribution is -2.46. The number of hydrogen-bond acceptors (Lipinski definition) is 4. The van der Waals surface area contributed by atoms with Crippen molar-refractivity contribution in [2.75, 3.05) is 6.54 Å². The molecule has 2 heterocycles. The lowest BCUT2D eigenvalue weighted by atomic mass is 9.91. The number of fused-ring (bicyclic) bond motifs is 2. The zero-order valence-corrected chi connectivity index (χ0v) is 11.3. The molecule has 2 atom stereocenters. The van der Waals surface area contributed by atoms with Gasteiger partial charge in [0.1, 0.15) is 11.0 Å². The summed E-state index contributed by atoms with van der Waals surface area (Å²) >= 11 is 0. The standard InChI is InChI=1S/C15H17N3O2/c19-15(11-6-7-12-13(9-11)17-20-16-12)18-8-2-4-10-3-1-5-14(10)18/h6-7,9-10,14H,1-5,8H2. The Kier molecular flexibility index (Phi) is 2.72. The van der Waals surface area contributed by atoms with E-state index in [0.717, 1.165) is 19.4 Å². The number of aromatic nitrogens is 2. The molecule has 0 N–H and O–H groups in total. The average Bonchev–Trinajstić information content (AvgIpc) is 3.13. The highest BCUT2D eigenvalue weighted by Gasteiger charge is 2.37. The summed E-state index contributed by atoms with van der Waals surface area (Å²) in [5.74, 6) is 0.844. The maximum atomic E-state index is 12.8. The van der Waals surface area contributed by atoms with Crippen LogP contribution < -0.4 is 0 Å². The molecule has 5 heteroatoms. The molecule has 2 fully saturated rings. The minimum absolute atomic E-state index is 0.131. The fraction of sp³-hybridized carbons (Fsp3) is 0.533. The van der Waals surface area contributed by atoms with Gasteiger partial charge in [0.25, 0.3) is 5.91 Å². The first-order chi connectivity index (χ1) is 9.83. The number of carbonyl (C=O) groups excluding carboxylic acids is 1. The minimum Gasteiger partial charge on any atom is -0.335 e. The Bertz CT molecular complexity index is 651. The normalized spacial score (nSPS) is 25.9. The van der Waals surface area contributed by atoms with Crippen molar-refractivity contribution in [3.05, 3.63) is 23.8 Å². The van der Waals surface area contributed by atoms with Crippen LogP contribution in [-0.4, -0.2) is 33.7 Å². The molecule has 4 rings (SSSR count). The summed E-state index contributed by atoms with van der Waals surface area (Å²) in [4.78, 5) is 14.8. The quantitative estimate of drug-likeness (QED) is 0.800. The molecule has 20 heavy (non-hydrogen) atoms. The summed E-state index contributed by atoms with van der Waals surface area (Å²) < 4.78 is 4.69. The van der Waals surface area contributed by atoms with Crippen LogP contribution in [0.1, 0.15) is 42.5 Å². The van der Waals surface area contributed by atoms with Gasteiger partial charge in [0.05, 0.1) is 0 Å². The first kappa shape index (κ1) is 11.9. The lowest BCUT2D eigenvalue weighted by Gasteiger charge is -2.37. The Morgan fingerprint density at radius 3 is 2.95 bits per heavy atom. The summed E-state index contributed by atoms with van der Waals surface area (Å²) in [5, 5.41) is 7.59. The van der Waals surface area contributed by atoms with Crippen LogP contribution in [0.5, 0.6) is 0 Å². The van der Waals surface area contributed by atoms with Crippen molar-refractivity contribution in [2.24, 2.45) is 5.92 Å². The van der Waals surface area contributed by atoms with Gasteiger partial charge in [-0.25, -0.2) is 4.63 Å². The second kappa shape index (κ2) is 4.58. The van der Waals surface area contributed by atoms with Crippen LogP contribution in [0.3, 0.4) is 0 Å². The van der Waals surface area contributed by atoms with Gasteiger partial charge in [-0.05, 0) is 60.1 Å². The number of rotatable bonds is 1. The Labute approximate surface area is 116 Å². The Morgan fingerprint density at radius 2 is 2.00 bits per heavy atom. The molecule has 1 aromatic heterocycles. The average molecular weight is 271 g/mol. The van der Waals surface area contributed by atoms with Crippen molar-refractivity contribution in [3.63, 3.8) is 0 Å². The van der Waals surface area contributed by atoms with Crippen LogP contribution in [-0.2, 0) is 0 Å². The fourth-order valence-electron chi connectivity index (χ4n) is 3.79. The van der Waals surface area contributed by atoms with E-state index in [9.17, 15) is 4.79 Å². The van der Waals surface area contributed by atoms with E-state index in [2.05, 4.69) is 19.8 Å². The summed E-state index contributed by atoms with van der Waals surface area (Å²) in [6, 6.07) is 5.86. The number of benzene rings is 1. The molecule has 1 saturated heterocycles. The van der Waals surface area contributed by atoms with Gasteiger partial charge in [-0.3, -0.25) is 4.79 Å². The molecule has 0 radical (unpaired) electrons. The number of likely N-dealkylation sites (tertiary alicyclic amines) is 1. The first-order valence-corrected chi connectivity index (χ1v) is 7.36. The number of piperidine rings is 1. The van der Waals surface area contributed by atoms with E-state index < -0.39 is 0 Å². The van der Waals surface area contributed by atoms with Crippen LogP contribution in [0.25, 0.3) is 11.0 Å². The largest absolute Gasteiger partial charge is 0.335 e. The van der Waals surface area contributed by atoms with E-state index in [1.165, 1.54) is 19.3 Å². The second-order valence-corrected chi connectivity index (χ2v) is 5.87. The summed E-state index contributed by atoms with van der Waals surface area (Å²) in [5.41, 5.74) is 2.04. The third kappa shape index (κ3) is 1.80. The summed E-state index contributed by atoms with van der Waals surface area (Å²) in [7, 11) is 0. The van der Waals surface area contributed by atoms with Gasteiger partial charge >= 0.3 is 0 Å². The third-order valence-electron chi connectivity index (χ3n) is 4.75. The molecule has 2 unspecified atom stereocenters. The van der Waals surface area contributed by atoms with Crippen molar-refractivity contribution in [3.8, 4) is 0 Å². The molecular formula is C15H17N3O2. The molecule has 1 saturated carbocycles. The zero-order chi connectivity index (χ0) is 13.5. The maximum absolute atomic E-state index is 12.8. The summed E-state index contributed by atoms with van der Waals surface area (Å²) in [6.07, 6.45) is 6.09. The van der Waals surface area contributed by atoms with Crippen molar-refractivity contribution >= 4 is 16.9 Å². The smallest absolute Gasteiger partial charge is 0.254 e. The highest BCUT2D eigenvalue weighted by atomic mass is 16.6. The molecule has 1 amide bonds. The van der Waals surface area contributed by atoms with E-state index in [1.807, 2.05) is 6.07 Å². The Morgan fingerprint density at radius 1 is 1.15 bits per heavy atom. The van der Waals surface area contributed by atoms with Gasteiger partial charge in [0.15, 0.2) is 0 Å². The maximum Gasteiger partial charge on any atom is 0.254 e. The number of nitrogens with zero attached hydrogens (tertiary/aromatic N) is 3. The second-order valence-electron chi connectivity index (χ2n) is 5.87. The highest BCUT2D eigenvalue weighted by Crippen LogP contribution is 2.37. The van der Waals surface area contributed by atoms with E-state index in [4.69, 9.17) is 0 Å². The number of carbonyl (C=O) groups is 1.